The van der Waals surface area contributed by atoms with Gasteiger partial charge in [-0.3, -0.25) is 10.1 Å². The van der Waals surface area contributed by atoms with E-state index in [1.807, 2.05) is 23.1 Å². The Hall–Kier alpha value is -3.33. The fraction of sp³-hybridized carbons (Fsp3) is 0.500. The largest absolute Gasteiger partial charge is 0.493 e. The number of urea groups is 1. The summed E-state index contributed by atoms with van der Waals surface area (Å²) in [6.45, 7) is 5.73. The summed E-state index contributed by atoms with van der Waals surface area (Å²) in [4.78, 5) is 30.2. The molecule has 2 aliphatic heterocycles. The molecule has 0 unspecified atom stereocenters. The molecule has 2 aromatic rings. The molecule has 2 fully saturated rings. The number of nitrogens with zero attached hydrogens (tertiary/aromatic N) is 2. The van der Waals surface area contributed by atoms with Gasteiger partial charge in [-0.15, -0.1) is 0 Å². The maximum Gasteiger partial charge on any atom is 0.321 e. The molecule has 9 heteroatoms. The van der Waals surface area contributed by atoms with Crippen LogP contribution in [0.15, 0.2) is 42.5 Å². The molecular formula is C28H37FN4O4. The van der Waals surface area contributed by atoms with E-state index in [1.165, 1.54) is 12.1 Å². The monoisotopic (exact) mass is 512 g/mol. The summed E-state index contributed by atoms with van der Waals surface area (Å²) in [5.41, 5.74) is 0.976. The number of anilines is 1. The highest BCUT2D eigenvalue weighted by molar-refractivity contribution is 5.89. The highest BCUT2D eigenvalue weighted by Gasteiger charge is 2.52. The van der Waals surface area contributed by atoms with Crippen molar-refractivity contribution in [1.29, 1.82) is 0 Å². The highest BCUT2D eigenvalue weighted by Crippen LogP contribution is 2.36. The number of hydrogen-bond donors (Lipinski definition) is 2. The molecule has 4 rings (SSSR count). The molecular weight excluding hydrogens is 475 g/mol. The van der Waals surface area contributed by atoms with E-state index in [2.05, 4.69) is 24.5 Å². The van der Waals surface area contributed by atoms with Gasteiger partial charge in [0.05, 0.1) is 25.9 Å². The Labute approximate surface area is 218 Å². The molecule has 0 radical (unpaired) electrons. The van der Waals surface area contributed by atoms with Gasteiger partial charge in [-0.2, -0.15) is 0 Å². The average molecular weight is 513 g/mol. The van der Waals surface area contributed by atoms with Gasteiger partial charge in [0.2, 0.25) is 5.91 Å². The SMILES string of the molecule is CC[C@@H](C)[C@H]1NC2(CCN(C(=O)Nc3cccc(F)c3)CC2)N(CCc2ccc(OC)c(OC)c2)C1=O. The second kappa shape index (κ2) is 11.4. The van der Waals surface area contributed by atoms with Crippen LogP contribution in [0, 0.1) is 11.7 Å². The summed E-state index contributed by atoms with van der Waals surface area (Å²) in [5.74, 6) is 1.25. The number of rotatable bonds is 8. The van der Waals surface area contributed by atoms with Crippen LogP contribution >= 0.6 is 0 Å². The number of halogens is 1. The Bertz CT molecular complexity index is 1120. The number of piperidine rings is 1. The molecule has 2 heterocycles. The first-order valence-corrected chi connectivity index (χ1v) is 12.9. The number of benzene rings is 2. The number of amides is 3. The second-order valence-electron chi connectivity index (χ2n) is 9.90. The third-order valence-corrected chi connectivity index (χ3v) is 7.71. The number of likely N-dealkylation sites (tertiary alicyclic amines) is 1. The predicted molar refractivity (Wildman–Crippen MR) is 140 cm³/mol. The summed E-state index contributed by atoms with van der Waals surface area (Å²) in [6.07, 6.45) is 2.81. The van der Waals surface area contributed by atoms with Crippen LogP contribution in [-0.2, 0) is 11.2 Å². The van der Waals surface area contributed by atoms with E-state index in [4.69, 9.17) is 9.47 Å². The van der Waals surface area contributed by atoms with Crippen LogP contribution < -0.4 is 20.1 Å². The average Bonchev–Trinajstić information content (AvgIpc) is 3.17. The van der Waals surface area contributed by atoms with Crippen molar-refractivity contribution in [1.82, 2.24) is 15.1 Å². The summed E-state index contributed by atoms with van der Waals surface area (Å²) >= 11 is 0. The van der Waals surface area contributed by atoms with Crippen LogP contribution in [0.2, 0.25) is 0 Å². The van der Waals surface area contributed by atoms with Crippen LogP contribution in [0.1, 0.15) is 38.7 Å². The maximum absolute atomic E-state index is 13.6. The van der Waals surface area contributed by atoms with Gasteiger partial charge in [-0.1, -0.05) is 32.4 Å². The van der Waals surface area contributed by atoms with Crippen molar-refractivity contribution in [3.05, 3.63) is 53.8 Å². The van der Waals surface area contributed by atoms with E-state index in [0.717, 1.165) is 12.0 Å². The van der Waals surface area contributed by atoms with E-state index in [1.54, 1.807) is 31.3 Å². The number of carbonyl (C=O) groups excluding carboxylic acids is 2. The maximum atomic E-state index is 13.6. The molecule has 1 spiro atoms. The van der Waals surface area contributed by atoms with Crippen molar-refractivity contribution in [3.8, 4) is 11.5 Å². The van der Waals surface area contributed by atoms with Gasteiger partial charge in [-0.25, -0.2) is 9.18 Å². The van der Waals surface area contributed by atoms with Crippen LogP contribution in [0.3, 0.4) is 0 Å². The zero-order valence-electron chi connectivity index (χ0n) is 22.1. The Balaban J connectivity index is 1.47. The van der Waals surface area contributed by atoms with Crippen LogP contribution in [-0.4, -0.2) is 67.3 Å². The van der Waals surface area contributed by atoms with E-state index >= 15 is 0 Å². The molecule has 37 heavy (non-hydrogen) atoms. The first-order chi connectivity index (χ1) is 17.8. The highest BCUT2D eigenvalue weighted by atomic mass is 19.1. The molecule has 2 saturated heterocycles. The minimum atomic E-state index is -0.503. The fourth-order valence-electron chi connectivity index (χ4n) is 5.29. The predicted octanol–water partition coefficient (Wildman–Crippen LogP) is 4.26. The zero-order chi connectivity index (χ0) is 26.6. The minimum absolute atomic E-state index is 0.118. The summed E-state index contributed by atoms with van der Waals surface area (Å²) in [6, 6.07) is 11.2. The summed E-state index contributed by atoms with van der Waals surface area (Å²) < 4.78 is 24.3. The van der Waals surface area contributed by atoms with Gasteiger partial charge in [0, 0.05) is 38.2 Å². The Morgan fingerprint density at radius 1 is 1.16 bits per heavy atom. The second-order valence-corrected chi connectivity index (χ2v) is 9.90. The quantitative estimate of drug-likeness (QED) is 0.553. The van der Waals surface area contributed by atoms with Crippen LogP contribution in [0.5, 0.6) is 11.5 Å². The standard InChI is InChI=1S/C28H37FN4O4/c1-5-19(2)25-26(34)33(14-11-20-9-10-23(36-3)24(17-20)37-4)28(31-25)12-15-32(16-13-28)27(35)30-22-8-6-7-21(29)18-22/h6-10,17-19,25,31H,5,11-16H2,1-4H3,(H,30,35)/t19-,25-/m1/s1. The number of ether oxygens (including phenoxy) is 2. The number of nitrogens with one attached hydrogen (secondary N) is 2. The Morgan fingerprint density at radius 2 is 1.89 bits per heavy atom. The molecule has 0 aliphatic carbocycles. The first-order valence-electron chi connectivity index (χ1n) is 12.9. The topological polar surface area (TPSA) is 83.1 Å². The lowest BCUT2D eigenvalue weighted by Crippen LogP contribution is -2.60. The van der Waals surface area contributed by atoms with Crippen molar-refractivity contribution < 1.29 is 23.5 Å². The Morgan fingerprint density at radius 3 is 2.54 bits per heavy atom. The van der Waals surface area contributed by atoms with E-state index in [9.17, 15) is 14.0 Å². The molecule has 2 N–H and O–H groups in total. The number of methoxy groups -OCH3 is 2. The van der Waals surface area contributed by atoms with Gasteiger partial charge in [0.25, 0.3) is 0 Å². The van der Waals surface area contributed by atoms with Crippen molar-refractivity contribution in [3.63, 3.8) is 0 Å². The number of hydrogen-bond acceptors (Lipinski definition) is 5. The van der Waals surface area contributed by atoms with Gasteiger partial charge in [0.15, 0.2) is 11.5 Å². The molecule has 2 atom stereocenters. The van der Waals surface area contributed by atoms with Crippen molar-refractivity contribution >= 4 is 17.6 Å². The lowest BCUT2D eigenvalue weighted by molar-refractivity contribution is -0.133. The lowest BCUT2D eigenvalue weighted by Gasteiger charge is -2.44. The minimum Gasteiger partial charge on any atom is -0.493 e. The molecule has 0 bridgehead atoms. The normalized spacial score (nSPS) is 19.7. The lowest BCUT2D eigenvalue weighted by atomic mass is 9.95. The third-order valence-electron chi connectivity index (χ3n) is 7.71. The molecule has 2 aromatic carbocycles. The summed E-state index contributed by atoms with van der Waals surface area (Å²) in [5, 5.41) is 6.45. The Kier molecular flexibility index (Phi) is 8.22. The van der Waals surface area contributed by atoms with Gasteiger partial charge >= 0.3 is 6.03 Å². The summed E-state index contributed by atoms with van der Waals surface area (Å²) in [7, 11) is 3.22. The van der Waals surface area contributed by atoms with Crippen molar-refractivity contribution in [2.45, 2.75) is 51.2 Å². The fourth-order valence-corrected chi connectivity index (χ4v) is 5.29. The number of carbonyl (C=O) groups is 2. The molecule has 200 valence electrons. The molecule has 0 aromatic heterocycles. The van der Waals surface area contributed by atoms with Crippen LogP contribution in [0.4, 0.5) is 14.9 Å². The molecule has 0 saturated carbocycles. The van der Waals surface area contributed by atoms with Crippen LogP contribution in [0.25, 0.3) is 0 Å². The molecule has 3 amide bonds. The van der Waals surface area contributed by atoms with Crippen molar-refractivity contribution in [2.24, 2.45) is 5.92 Å². The van der Waals surface area contributed by atoms with E-state index < -0.39 is 11.5 Å². The molecule has 2 aliphatic rings. The smallest absolute Gasteiger partial charge is 0.321 e. The third kappa shape index (κ3) is 5.66. The van der Waals surface area contributed by atoms with Gasteiger partial charge in [0.1, 0.15) is 5.82 Å². The molecule has 8 nitrogen and oxygen atoms in total. The van der Waals surface area contributed by atoms with E-state index in [0.29, 0.717) is 56.1 Å². The van der Waals surface area contributed by atoms with Gasteiger partial charge in [-0.05, 0) is 48.2 Å². The van der Waals surface area contributed by atoms with E-state index in [-0.39, 0.29) is 23.9 Å². The first kappa shape index (κ1) is 26.7. The zero-order valence-corrected chi connectivity index (χ0v) is 22.1. The van der Waals surface area contributed by atoms with Gasteiger partial charge < -0.3 is 24.6 Å². The van der Waals surface area contributed by atoms with Crippen molar-refractivity contribution in [2.75, 3.05) is 39.2 Å².